The lowest BCUT2D eigenvalue weighted by molar-refractivity contribution is -0.385. The second kappa shape index (κ2) is 6.02. The van der Waals surface area contributed by atoms with Crippen molar-refractivity contribution in [3.63, 3.8) is 0 Å². The van der Waals surface area contributed by atoms with Gasteiger partial charge in [0, 0.05) is 19.3 Å². The van der Waals surface area contributed by atoms with Crippen LogP contribution in [0.1, 0.15) is 12.8 Å². The zero-order valence-electron chi connectivity index (χ0n) is 8.56. The largest absolute Gasteiger partial charge is 0.505 e. The molecule has 1 heterocycles. The Labute approximate surface area is 91.6 Å². The van der Waals surface area contributed by atoms with Crippen molar-refractivity contribution in [2.24, 2.45) is 0 Å². The van der Waals surface area contributed by atoms with Crippen LogP contribution < -0.4 is 0 Å². The summed E-state index contributed by atoms with van der Waals surface area (Å²) in [6.07, 6.45) is 2.56. The zero-order chi connectivity index (χ0) is 12.0. The Morgan fingerprint density at radius 2 is 2.00 bits per heavy atom. The molecule has 1 aliphatic rings. The first-order chi connectivity index (χ1) is 7.61. The van der Waals surface area contributed by atoms with Crippen LogP contribution in [0.5, 0.6) is 5.75 Å². The number of nitrogens with zero attached hydrogens (tertiary/aromatic N) is 1. The zero-order valence-corrected chi connectivity index (χ0v) is 8.56. The van der Waals surface area contributed by atoms with E-state index in [-0.39, 0.29) is 5.69 Å². The molecule has 1 N–H and O–H groups in total. The van der Waals surface area contributed by atoms with Crippen molar-refractivity contribution in [3.8, 4) is 5.75 Å². The summed E-state index contributed by atoms with van der Waals surface area (Å²) >= 11 is 0. The molecule has 0 aromatic heterocycles. The van der Waals surface area contributed by atoms with E-state index in [1.807, 2.05) is 0 Å². The van der Waals surface area contributed by atoms with Crippen LogP contribution in [0.3, 0.4) is 0 Å². The molecule has 5 nitrogen and oxygen atoms in total. The van der Waals surface area contributed by atoms with Crippen molar-refractivity contribution in [1.82, 2.24) is 0 Å². The summed E-state index contributed by atoms with van der Waals surface area (Å²) in [5.41, 5.74) is -0.375. The number of aromatic hydroxyl groups is 1. The van der Waals surface area contributed by atoms with Gasteiger partial charge in [-0.1, -0.05) is 0 Å². The third-order valence-corrected chi connectivity index (χ3v) is 1.97. The minimum atomic E-state index is -0.987. The van der Waals surface area contributed by atoms with Crippen molar-refractivity contribution in [2.45, 2.75) is 12.8 Å². The van der Waals surface area contributed by atoms with Crippen LogP contribution in [0.15, 0.2) is 18.2 Å². The van der Waals surface area contributed by atoms with Gasteiger partial charge in [0.15, 0.2) is 11.6 Å². The smallest absolute Gasteiger partial charge is 0.272 e. The van der Waals surface area contributed by atoms with Crippen LogP contribution in [0.4, 0.5) is 10.1 Å². The van der Waals surface area contributed by atoms with Gasteiger partial charge in [-0.05, 0) is 18.9 Å². The molecule has 0 radical (unpaired) electrons. The normalized spacial score (nSPS) is 14.1. The van der Waals surface area contributed by atoms with Crippen molar-refractivity contribution in [2.75, 3.05) is 13.2 Å². The minimum Gasteiger partial charge on any atom is -0.505 e. The number of ether oxygens (including phenoxy) is 1. The summed E-state index contributed by atoms with van der Waals surface area (Å²) in [5.74, 6) is -1.57. The number of nitro groups is 1. The van der Waals surface area contributed by atoms with E-state index in [0.717, 1.165) is 25.3 Å². The van der Waals surface area contributed by atoms with Gasteiger partial charge in [-0.3, -0.25) is 10.1 Å². The standard InChI is InChI=1S/C6H4FNO3.C4H8O/c7-5-3-4(8(10)11)1-2-6(5)9;1-2-4-5-3-1/h1-3,9H;1-4H2. The first-order valence-corrected chi connectivity index (χ1v) is 4.82. The molecule has 0 aliphatic carbocycles. The monoisotopic (exact) mass is 229 g/mol. The summed E-state index contributed by atoms with van der Waals surface area (Å²) in [6, 6.07) is 2.63. The molecule has 2 rings (SSSR count). The Morgan fingerprint density at radius 3 is 2.38 bits per heavy atom. The van der Waals surface area contributed by atoms with E-state index in [4.69, 9.17) is 9.84 Å². The predicted octanol–water partition coefficient (Wildman–Crippen LogP) is 2.24. The van der Waals surface area contributed by atoms with Crippen molar-refractivity contribution >= 4 is 5.69 Å². The van der Waals surface area contributed by atoms with E-state index in [1.165, 1.54) is 12.8 Å². The molecule has 1 aromatic rings. The summed E-state index contributed by atoms with van der Waals surface area (Å²) in [6.45, 7) is 2.00. The lowest BCUT2D eigenvalue weighted by atomic mass is 10.3. The maximum Gasteiger partial charge on any atom is 0.272 e. The highest BCUT2D eigenvalue weighted by Gasteiger charge is 2.08. The Morgan fingerprint density at radius 1 is 1.38 bits per heavy atom. The molecule has 0 bridgehead atoms. The highest BCUT2D eigenvalue weighted by atomic mass is 19.1. The molecular weight excluding hydrogens is 217 g/mol. The highest BCUT2D eigenvalue weighted by molar-refractivity contribution is 5.36. The molecule has 0 atom stereocenters. The molecule has 88 valence electrons. The molecule has 6 heteroatoms. The number of phenols is 1. The second-order valence-corrected chi connectivity index (χ2v) is 3.21. The van der Waals surface area contributed by atoms with Crippen LogP contribution in [-0.4, -0.2) is 23.2 Å². The molecule has 0 amide bonds. The Balaban J connectivity index is 0.000000212. The van der Waals surface area contributed by atoms with Gasteiger partial charge in [-0.25, -0.2) is 4.39 Å². The summed E-state index contributed by atoms with van der Waals surface area (Å²) in [7, 11) is 0. The Hall–Kier alpha value is -1.69. The number of benzene rings is 1. The van der Waals surface area contributed by atoms with E-state index in [2.05, 4.69) is 0 Å². The quantitative estimate of drug-likeness (QED) is 0.592. The molecule has 1 aliphatic heterocycles. The lowest BCUT2D eigenvalue weighted by Gasteiger charge is -1.93. The van der Waals surface area contributed by atoms with Gasteiger partial charge in [0.25, 0.3) is 5.69 Å². The fourth-order valence-electron chi connectivity index (χ4n) is 1.12. The number of nitro benzene ring substituents is 1. The Bertz CT molecular complexity index is 358. The van der Waals surface area contributed by atoms with E-state index in [1.54, 1.807) is 0 Å². The SMILES string of the molecule is C1CCOC1.O=[N+]([O-])c1ccc(O)c(F)c1. The van der Waals surface area contributed by atoms with Gasteiger partial charge in [0.05, 0.1) is 11.0 Å². The average molecular weight is 229 g/mol. The predicted molar refractivity (Wildman–Crippen MR) is 54.8 cm³/mol. The fraction of sp³-hybridized carbons (Fsp3) is 0.400. The van der Waals surface area contributed by atoms with Gasteiger partial charge in [0.1, 0.15) is 0 Å². The van der Waals surface area contributed by atoms with Crippen LogP contribution in [-0.2, 0) is 4.74 Å². The number of hydrogen-bond donors (Lipinski definition) is 1. The van der Waals surface area contributed by atoms with Gasteiger partial charge < -0.3 is 9.84 Å². The minimum absolute atomic E-state index is 0.375. The second-order valence-electron chi connectivity index (χ2n) is 3.21. The maximum absolute atomic E-state index is 12.4. The van der Waals surface area contributed by atoms with E-state index < -0.39 is 16.5 Å². The molecule has 0 saturated carbocycles. The third-order valence-electron chi connectivity index (χ3n) is 1.97. The van der Waals surface area contributed by atoms with Crippen LogP contribution in [0.25, 0.3) is 0 Å². The summed E-state index contributed by atoms with van der Waals surface area (Å²) in [4.78, 5) is 9.29. The number of halogens is 1. The Kier molecular flexibility index (Phi) is 4.65. The maximum atomic E-state index is 12.4. The average Bonchev–Trinajstić information content (AvgIpc) is 2.80. The molecule has 16 heavy (non-hydrogen) atoms. The van der Waals surface area contributed by atoms with Crippen LogP contribution >= 0.6 is 0 Å². The third kappa shape index (κ3) is 3.82. The van der Waals surface area contributed by atoms with Crippen molar-refractivity contribution < 1.29 is 19.2 Å². The molecule has 1 aromatic carbocycles. The van der Waals surface area contributed by atoms with Crippen molar-refractivity contribution in [3.05, 3.63) is 34.1 Å². The van der Waals surface area contributed by atoms with E-state index in [0.29, 0.717) is 6.07 Å². The summed E-state index contributed by atoms with van der Waals surface area (Å²) < 4.78 is 17.3. The first-order valence-electron chi connectivity index (χ1n) is 4.82. The van der Waals surface area contributed by atoms with E-state index >= 15 is 0 Å². The van der Waals surface area contributed by atoms with Crippen molar-refractivity contribution in [1.29, 1.82) is 0 Å². The van der Waals surface area contributed by atoms with Crippen LogP contribution in [0.2, 0.25) is 0 Å². The van der Waals surface area contributed by atoms with Gasteiger partial charge in [0.2, 0.25) is 0 Å². The topological polar surface area (TPSA) is 72.6 Å². The van der Waals surface area contributed by atoms with Gasteiger partial charge >= 0.3 is 0 Å². The van der Waals surface area contributed by atoms with Crippen LogP contribution in [0, 0.1) is 15.9 Å². The molecule has 1 saturated heterocycles. The number of rotatable bonds is 1. The number of non-ortho nitro benzene ring substituents is 1. The van der Waals surface area contributed by atoms with Gasteiger partial charge in [-0.15, -0.1) is 0 Å². The lowest BCUT2D eigenvalue weighted by Crippen LogP contribution is -1.88. The molecular formula is C10H12FNO4. The van der Waals surface area contributed by atoms with Gasteiger partial charge in [-0.2, -0.15) is 0 Å². The summed E-state index contributed by atoms with van der Waals surface area (Å²) in [5, 5.41) is 18.6. The number of phenolic OH excluding ortho intramolecular Hbond substituents is 1. The fourth-order valence-corrected chi connectivity index (χ4v) is 1.12. The highest BCUT2D eigenvalue weighted by Crippen LogP contribution is 2.20. The molecule has 0 spiro atoms. The molecule has 1 fully saturated rings. The molecule has 0 unspecified atom stereocenters. The van der Waals surface area contributed by atoms with E-state index in [9.17, 15) is 14.5 Å². The number of hydrogen-bond acceptors (Lipinski definition) is 4. The first kappa shape index (κ1) is 12.4.